The number of hydrogen-bond acceptors (Lipinski definition) is 4. The van der Waals surface area contributed by atoms with Gasteiger partial charge in [0.25, 0.3) is 0 Å². The molecule has 1 aliphatic heterocycles. The molecule has 4 nitrogen and oxygen atoms in total. The molecule has 0 amide bonds. The number of nitrogens with zero attached hydrogens (tertiary/aromatic N) is 2. The molecule has 100 valence electrons. The van der Waals surface area contributed by atoms with Gasteiger partial charge in [0, 0.05) is 19.1 Å². The maximum atomic E-state index is 5.76. The van der Waals surface area contributed by atoms with E-state index in [-0.39, 0.29) is 0 Å². The summed E-state index contributed by atoms with van der Waals surface area (Å²) in [5.41, 5.74) is 2.26. The molecule has 1 fully saturated rings. The van der Waals surface area contributed by atoms with Crippen LogP contribution in [0.25, 0.3) is 11.5 Å². The van der Waals surface area contributed by atoms with Crippen molar-refractivity contribution in [3.63, 3.8) is 0 Å². The highest BCUT2D eigenvalue weighted by Crippen LogP contribution is 2.21. The van der Waals surface area contributed by atoms with E-state index >= 15 is 0 Å². The fourth-order valence-corrected chi connectivity index (χ4v) is 2.43. The average Bonchev–Trinajstić information content (AvgIpc) is 2.87. The Balaban J connectivity index is 1.68. The predicted molar refractivity (Wildman–Crippen MR) is 71.8 cm³/mol. The number of benzene rings is 1. The van der Waals surface area contributed by atoms with Gasteiger partial charge in [-0.2, -0.15) is 0 Å². The SMILES string of the molecule is Cc1nnc(-c2ccc(CC3CCCCO3)cc2)o1. The molecule has 0 radical (unpaired) electrons. The lowest BCUT2D eigenvalue weighted by Crippen LogP contribution is -2.21. The number of hydrogen-bond donors (Lipinski definition) is 0. The molecule has 3 rings (SSSR count). The summed E-state index contributed by atoms with van der Waals surface area (Å²) < 4.78 is 11.2. The molecular formula is C15H18N2O2. The molecule has 1 saturated heterocycles. The highest BCUT2D eigenvalue weighted by molar-refractivity contribution is 5.52. The summed E-state index contributed by atoms with van der Waals surface area (Å²) in [5.74, 6) is 1.17. The summed E-state index contributed by atoms with van der Waals surface area (Å²) in [6.07, 6.45) is 5.02. The molecule has 1 aliphatic rings. The van der Waals surface area contributed by atoms with Crippen molar-refractivity contribution in [2.24, 2.45) is 0 Å². The lowest BCUT2D eigenvalue weighted by Gasteiger charge is -2.22. The zero-order chi connectivity index (χ0) is 13.1. The van der Waals surface area contributed by atoms with Crippen LogP contribution in [0.2, 0.25) is 0 Å². The molecule has 0 spiro atoms. The standard InChI is InChI=1S/C15H18N2O2/c1-11-16-17-15(19-11)13-7-5-12(6-8-13)10-14-4-2-3-9-18-14/h5-8,14H,2-4,9-10H2,1H3. The predicted octanol–water partition coefficient (Wildman–Crippen LogP) is 3.16. The van der Waals surface area contributed by atoms with Crippen LogP contribution in [0.15, 0.2) is 28.7 Å². The number of rotatable bonds is 3. The zero-order valence-electron chi connectivity index (χ0n) is 11.1. The Labute approximate surface area is 112 Å². The van der Waals surface area contributed by atoms with Crippen LogP contribution in [0.5, 0.6) is 0 Å². The summed E-state index contributed by atoms with van der Waals surface area (Å²) in [4.78, 5) is 0. The molecule has 2 aromatic rings. The maximum absolute atomic E-state index is 5.76. The minimum Gasteiger partial charge on any atom is -0.421 e. The first-order valence-electron chi connectivity index (χ1n) is 6.82. The quantitative estimate of drug-likeness (QED) is 0.848. The minimum absolute atomic E-state index is 0.380. The minimum atomic E-state index is 0.380. The Morgan fingerprint density at radius 1 is 1.16 bits per heavy atom. The molecule has 0 aliphatic carbocycles. The van der Waals surface area contributed by atoms with Gasteiger partial charge in [0.05, 0.1) is 6.10 Å². The highest BCUT2D eigenvalue weighted by Gasteiger charge is 2.14. The van der Waals surface area contributed by atoms with Crippen molar-refractivity contribution in [3.05, 3.63) is 35.7 Å². The van der Waals surface area contributed by atoms with E-state index in [1.54, 1.807) is 6.92 Å². The largest absolute Gasteiger partial charge is 0.421 e. The van der Waals surface area contributed by atoms with Crippen molar-refractivity contribution in [1.29, 1.82) is 0 Å². The van der Waals surface area contributed by atoms with Crippen molar-refractivity contribution in [2.75, 3.05) is 6.61 Å². The Hall–Kier alpha value is -1.68. The molecule has 0 saturated carbocycles. The number of aryl methyl sites for hydroxylation is 1. The third-order valence-corrected chi connectivity index (χ3v) is 3.46. The molecule has 1 unspecified atom stereocenters. The first-order chi connectivity index (χ1) is 9.31. The average molecular weight is 258 g/mol. The van der Waals surface area contributed by atoms with Gasteiger partial charge in [-0.25, -0.2) is 0 Å². The third-order valence-electron chi connectivity index (χ3n) is 3.46. The zero-order valence-corrected chi connectivity index (χ0v) is 11.1. The first-order valence-corrected chi connectivity index (χ1v) is 6.82. The Morgan fingerprint density at radius 3 is 2.63 bits per heavy atom. The van der Waals surface area contributed by atoms with Crippen molar-refractivity contribution < 1.29 is 9.15 Å². The highest BCUT2D eigenvalue weighted by atomic mass is 16.5. The van der Waals surface area contributed by atoms with Crippen LogP contribution < -0.4 is 0 Å². The van der Waals surface area contributed by atoms with Crippen LogP contribution in [-0.4, -0.2) is 22.9 Å². The summed E-state index contributed by atoms with van der Waals surface area (Å²) in [7, 11) is 0. The lowest BCUT2D eigenvalue weighted by atomic mass is 10.0. The molecule has 0 bridgehead atoms. The van der Waals surface area contributed by atoms with Gasteiger partial charge in [0.1, 0.15) is 0 Å². The second-order valence-electron chi connectivity index (χ2n) is 5.02. The monoisotopic (exact) mass is 258 g/mol. The van der Waals surface area contributed by atoms with Gasteiger partial charge in [-0.15, -0.1) is 10.2 Å². The Morgan fingerprint density at radius 2 is 2.00 bits per heavy atom. The molecule has 1 atom stereocenters. The summed E-state index contributed by atoms with van der Waals surface area (Å²) in [5, 5.41) is 7.86. The van der Waals surface area contributed by atoms with Crippen molar-refractivity contribution in [2.45, 2.75) is 38.7 Å². The molecule has 2 heterocycles. The second kappa shape index (κ2) is 5.53. The normalized spacial score (nSPS) is 19.5. The Bertz CT molecular complexity index is 527. The summed E-state index contributed by atoms with van der Waals surface area (Å²) in [6.45, 7) is 2.70. The number of aromatic nitrogens is 2. The van der Waals surface area contributed by atoms with E-state index < -0.39 is 0 Å². The van der Waals surface area contributed by atoms with E-state index in [1.165, 1.54) is 24.8 Å². The summed E-state index contributed by atoms with van der Waals surface area (Å²) >= 11 is 0. The Kier molecular flexibility index (Phi) is 3.60. The van der Waals surface area contributed by atoms with Crippen LogP contribution in [0, 0.1) is 6.92 Å². The van der Waals surface area contributed by atoms with Gasteiger partial charge in [-0.3, -0.25) is 0 Å². The molecule has 4 heteroatoms. The van der Waals surface area contributed by atoms with E-state index in [0.29, 0.717) is 17.9 Å². The lowest BCUT2D eigenvalue weighted by molar-refractivity contribution is 0.0168. The van der Waals surface area contributed by atoms with Gasteiger partial charge in [0.2, 0.25) is 11.8 Å². The molecular weight excluding hydrogens is 240 g/mol. The van der Waals surface area contributed by atoms with E-state index in [4.69, 9.17) is 9.15 Å². The third kappa shape index (κ3) is 3.01. The van der Waals surface area contributed by atoms with Gasteiger partial charge >= 0.3 is 0 Å². The molecule has 1 aromatic heterocycles. The van der Waals surface area contributed by atoms with Crippen LogP contribution in [0.3, 0.4) is 0 Å². The van der Waals surface area contributed by atoms with E-state index in [9.17, 15) is 0 Å². The van der Waals surface area contributed by atoms with Crippen LogP contribution >= 0.6 is 0 Å². The van der Waals surface area contributed by atoms with E-state index in [1.807, 2.05) is 12.1 Å². The smallest absolute Gasteiger partial charge is 0.247 e. The van der Waals surface area contributed by atoms with Crippen LogP contribution in [0.4, 0.5) is 0 Å². The topological polar surface area (TPSA) is 48.2 Å². The fourth-order valence-electron chi connectivity index (χ4n) is 2.43. The van der Waals surface area contributed by atoms with Gasteiger partial charge < -0.3 is 9.15 Å². The maximum Gasteiger partial charge on any atom is 0.247 e. The summed E-state index contributed by atoms with van der Waals surface area (Å²) in [6, 6.07) is 8.30. The molecule has 1 aromatic carbocycles. The van der Waals surface area contributed by atoms with Gasteiger partial charge in [-0.05, 0) is 43.4 Å². The van der Waals surface area contributed by atoms with Gasteiger partial charge in [-0.1, -0.05) is 12.1 Å². The first kappa shape index (κ1) is 12.4. The second-order valence-corrected chi connectivity index (χ2v) is 5.02. The van der Waals surface area contributed by atoms with Crippen molar-refractivity contribution >= 4 is 0 Å². The van der Waals surface area contributed by atoms with E-state index in [0.717, 1.165) is 18.6 Å². The van der Waals surface area contributed by atoms with Crippen molar-refractivity contribution in [1.82, 2.24) is 10.2 Å². The molecule has 0 N–H and O–H groups in total. The van der Waals surface area contributed by atoms with Crippen LogP contribution in [-0.2, 0) is 11.2 Å². The van der Waals surface area contributed by atoms with Crippen molar-refractivity contribution in [3.8, 4) is 11.5 Å². The fraction of sp³-hybridized carbons (Fsp3) is 0.467. The number of ether oxygens (including phenoxy) is 1. The van der Waals surface area contributed by atoms with E-state index in [2.05, 4.69) is 22.3 Å². The van der Waals surface area contributed by atoms with Crippen LogP contribution in [0.1, 0.15) is 30.7 Å². The van der Waals surface area contributed by atoms with Gasteiger partial charge in [0.15, 0.2) is 0 Å². The molecule has 19 heavy (non-hydrogen) atoms.